The normalized spacial score (nSPS) is 13.4. The van der Waals surface area contributed by atoms with E-state index < -0.39 is 5.97 Å². The lowest BCUT2D eigenvalue weighted by atomic mass is 10.0. The second-order valence-corrected chi connectivity index (χ2v) is 5.98. The molecule has 2 aromatic rings. The summed E-state index contributed by atoms with van der Waals surface area (Å²) < 4.78 is 6.39. The maximum Gasteiger partial charge on any atom is 0.343 e. The van der Waals surface area contributed by atoms with E-state index in [4.69, 9.17) is 4.74 Å². The zero-order valence-electron chi connectivity index (χ0n) is 14.7. The highest BCUT2D eigenvalue weighted by atomic mass is 16.5. The van der Waals surface area contributed by atoms with Crippen molar-refractivity contribution in [3.05, 3.63) is 41.1 Å². The molecule has 2 amide bonds. The Labute approximate surface area is 150 Å². The van der Waals surface area contributed by atoms with Crippen LogP contribution in [0, 0.1) is 0 Å². The summed E-state index contributed by atoms with van der Waals surface area (Å²) in [5.41, 5.74) is 2.29. The molecule has 8 heteroatoms. The molecule has 0 radical (unpaired) electrons. The summed E-state index contributed by atoms with van der Waals surface area (Å²) in [6.07, 6.45) is 3.28. The van der Waals surface area contributed by atoms with Crippen molar-refractivity contribution in [1.29, 1.82) is 0 Å². The minimum Gasteiger partial charge on any atom is -0.462 e. The molecule has 2 heterocycles. The number of esters is 1. The van der Waals surface area contributed by atoms with Gasteiger partial charge in [0.1, 0.15) is 11.4 Å². The number of carbonyl (C=O) groups excluding carboxylic acids is 3. The minimum atomic E-state index is -0.541. The van der Waals surface area contributed by atoms with Crippen LogP contribution in [0.2, 0.25) is 0 Å². The summed E-state index contributed by atoms with van der Waals surface area (Å²) in [5, 5.41) is 9.57. The molecular weight excluding hydrogens is 336 g/mol. The Balaban J connectivity index is 1.83. The number of aryl methyl sites for hydroxylation is 2. The fourth-order valence-electron chi connectivity index (χ4n) is 2.84. The summed E-state index contributed by atoms with van der Waals surface area (Å²) in [4.78, 5) is 36.3. The molecule has 1 aromatic heterocycles. The van der Waals surface area contributed by atoms with Gasteiger partial charge in [-0.15, -0.1) is 0 Å². The lowest BCUT2D eigenvalue weighted by Crippen LogP contribution is -2.18. The van der Waals surface area contributed by atoms with E-state index in [-0.39, 0.29) is 29.8 Å². The van der Waals surface area contributed by atoms with Crippen molar-refractivity contribution in [2.75, 3.05) is 17.2 Å². The van der Waals surface area contributed by atoms with Gasteiger partial charge in [0.2, 0.25) is 5.91 Å². The number of rotatable bonds is 4. The summed E-state index contributed by atoms with van der Waals surface area (Å²) in [6, 6.07) is 5.12. The molecule has 1 aromatic carbocycles. The lowest BCUT2D eigenvalue weighted by Gasteiger charge is -2.11. The van der Waals surface area contributed by atoms with Crippen molar-refractivity contribution >= 4 is 29.3 Å². The number of hydrogen-bond acceptors (Lipinski definition) is 5. The van der Waals surface area contributed by atoms with E-state index in [0.29, 0.717) is 12.0 Å². The van der Waals surface area contributed by atoms with Crippen molar-refractivity contribution in [3.8, 4) is 0 Å². The Morgan fingerprint density at radius 3 is 2.92 bits per heavy atom. The van der Waals surface area contributed by atoms with E-state index in [1.807, 2.05) is 0 Å². The van der Waals surface area contributed by atoms with Gasteiger partial charge in [-0.05, 0) is 43.5 Å². The number of hydrogen-bond donors (Lipinski definition) is 2. The standard InChI is InChI=1S/C18H20N4O4/c1-3-26-18(25)13-10-19-22(2)16(13)21-17(24)12-7-8-14-11(9-12)5-4-6-15(23)20-14/h7-10H,3-6H2,1-2H3,(H,20,23)(H,21,24). The Kier molecular flexibility index (Phi) is 5.01. The molecule has 3 rings (SSSR count). The molecule has 0 unspecified atom stereocenters. The van der Waals surface area contributed by atoms with Gasteiger partial charge in [-0.1, -0.05) is 0 Å². The van der Waals surface area contributed by atoms with E-state index in [0.717, 1.165) is 24.1 Å². The number of nitrogens with one attached hydrogen (secondary N) is 2. The highest BCUT2D eigenvalue weighted by Crippen LogP contribution is 2.24. The van der Waals surface area contributed by atoms with Crippen molar-refractivity contribution in [3.63, 3.8) is 0 Å². The van der Waals surface area contributed by atoms with E-state index in [1.54, 1.807) is 32.2 Å². The number of amides is 2. The van der Waals surface area contributed by atoms with Gasteiger partial charge in [0.25, 0.3) is 5.91 Å². The van der Waals surface area contributed by atoms with Crippen LogP contribution < -0.4 is 10.6 Å². The first-order valence-corrected chi connectivity index (χ1v) is 8.43. The molecule has 0 saturated carbocycles. The van der Waals surface area contributed by atoms with Gasteiger partial charge in [0, 0.05) is 24.7 Å². The Bertz CT molecular complexity index is 872. The van der Waals surface area contributed by atoms with Gasteiger partial charge in [-0.25, -0.2) is 4.79 Å². The average Bonchev–Trinajstić information content (AvgIpc) is 2.85. The third-order valence-electron chi connectivity index (χ3n) is 4.16. The largest absolute Gasteiger partial charge is 0.462 e. The van der Waals surface area contributed by atoms with Crippen molar-refractivity contribution in [2.45, 2.75) is 26.2 Å². The maximum absolute atomic E-state index is 12.6. The number of aromatic nitrogens is 2. The number of ether oxygens (including phenoxy) is 1. The summed E-state index contributed by atoms with van der Waals surface area (Å²) in [7, 11) is 1.63. The molecule has 1 aliphatic rings. The van der Waals surface area contributed by atoms with Crippen LogP contribution in [-0.4, -0.2) is 34.2 Å². The monoisotopic (exact) mass is 356 g/mol. The molecule has 26 heavy (non-hydrogen) atoms. The van der Waals surface area contributed by atoms with E-state index in [9.17, 15) is 14.4 Å². The molecule has 136 valence electrons. The highest BCUT2D eigenvalue weighted by Gasteiger charge is 2.21. The van der Waals surface area contributed by atoms with Crippen LogP contribution >= 0.6 is 0 Å². The van der Waals surface area contributed by atoms with Gasteiger partial charge in [0.05, 0.1) is 12.8 Å². The SMILES string of the molecule is CCOC(=O)c1cnn(C)c1NC(=O)c1ccc2c(c1)CCCC(=O)N2. The maximum atomic E-state index is 12.6. The van der Waals surface area contributed by atoms with Gasteiger partial charge >= 0.3 is 5.97 Å². The molecule has 0 saturated heterocycles. The van der Waals surface area contributed by atoms with Gasteiger partial charge < -0.3 is 15.4 Å². The fraction of sp³-hybridized carbons (Fsp3) is 0.333. The molecule has 0 spiro atoms. The molecule has 0 atom stereocenters. The van der Waals surface area contributed by atoms with Crippen LogP contribution in [0.5, 0.6) is 0 Å². The lowest BCUT2D eigenvalue weighted by molar-refractivity contribution is -0.116. The van der Waals surface area contributed by atoms with Crippen LogP contribution in [0.3, 0.4) is 0 Å². The first-order chi connectivity index (χ1) is 12.5. The first kappa shape index (κ1) is 17.7. The van der Waals surface area contributed by atoms with E-state index >= 15 is 0 Å². The van der Waals surface area contributed by atoms with Crippen molar-refractivity contribution in [1.82, 2.24) is 9.78 Å². The van der Waals surface area contributed by atoms with Crippen LogP contribution in [-0.2, 0) is 23.0 Å². The van der Waals surface area contributed by atoms with E-state index in [1.165, 1.54) is 10.9 Å². The quantitative estimate of drug-likeness (QED) is 0.817. The smallest absolute Gasteiger partial charge is 0.343 e. The third-order valence-corrected chi connectivity index (χ3v) is 4.16. The number of fused-ring (bicyclic) bond motifs is 1. The molecule has 1 aliphatic heterocycles. The summed E-state index contributed by atoms with van der Waals surface area (Å²) in [6.45, 7) is 1.94. The van der Waals surface area contributed by atoms with Crippen molar-refractivity contribution < 1.29 is 19.1 Å². The number of benzene rings is 1. The van der Waals surface area contributed by atoms with Crippen LogP contribution in [0.1, 0.15) is 46.0 Å². The van der Waals surface area contributed by atoms with Crippen LogP contribution in [0.15, 0.2) is 24.4 Å². The minimum absolute atomic E-state index is 0.0186. The average molecular weight is 356 g/mol. The Morgan fingerprint density at radius 2 is 2.15 bits per heavy atom. The second-order valence-electron chi connectivity index (χ2n) is 5.98. The molecule has 2 N–H and O–H groups in total. The Morgan fingerprint density at radius 1 is 1.35 bits per heavy atom. The number of nitrogens with zero attached hydrogens (tertiary/aromatic N) is 2. The predicted octanol–water partition coefficient (Wildman–Crippen LogP) is 2.12. The fourth-order valence-corrected chi connectivity index (χ4v) is 2.84. The third kappa shape index (κ3) is 3.58. The molecule has 8 nitrogen and oxygen atoms in total. The highest BCUT2D eigenvalue weighted by molar-refractivity contribution is 6.07. The summed E-state index contributed by atoms with van der Waals surface area (Å²) in [5.74, 6) is -0.648. The summed E-state index contributed by atoms with van der Waals surface area (Å²) >= 11 is 0. The molecular formula is C18H20N4O4. The van der Waals surface area contributed by atoms with Gasteiger partial charge in [-0.3, -0.25) is 14.3 Å². The van der Waals surface area contributed by atoms with Gasteiger partial charge in [0.15, 0.2) is 0 Å². The van der Waals surface area contributed by atoms with Crippen molar-refractivity contribution in [2.24, 2.45) is 7.05 Å². The number of anilines is 2. The zero-order valence-corrected chi connectivity index (χ0v) is 14.7. The predicted molar refractivity (Wildman–Crippen MR) is 95.1 cm³/mol. The topological polar surface area (TPSA) is 102 Å². The van der Waals surface area contributed by atoms with E-state index in [2.05, 4.69) is 15.7 Å². The Hall–Kier alpha value is -3.16. The van der Waals surface area contributed by atoms with Crippen LogP contribution in [0.4, 0.5) is 11.5 Å². The first-order valence-electron chi connectivity index (χ1n) is 8.43. The number of carbonyl (C=O) groups is 3. The molecule has 0 bridgehead atoms. The zero-order chi connectivity index (χ0) is 18.7. The second kappa shape index (κ2) is 7.38. The molecule has 0 fully saturated rings. The van der Waals surface area contributed by atoms with Crippen LogP contribution in [0.25, 0.3) is 0 Å². The molecule has 0 aliphatic carbocycles. The van der Waals surface area contributed by atoms with Gasteiger partial charge in [-0.2, -0.15) is 5.10 Å².